The zero-order valence-electron chi connectivity index (χ0n) is 13.1. The number of carboxylic acid groups (broad SMARTS) is 1. The number of nitrogens with zero attached hydrogens (tertiary/aromatic N) is 1. The van der Waals surface area contributed by atoms with Crippen molar-refractivity contribution in [1.29, 1.82) is 0 Å². The Morgan fingerprint density at radius 3 is 2.70 bits per heavy atom. The van der Waals surface area contributed by atoms with Crippen LogP contribution < -0.4 is 0 Å². The number of likely N-dealkylation sites (tertiary alicyclic amines) is 1. The number of ketones is 1. The van der Waals surface area contributed by atoms with E-state index in [0.29, 0.717) is 19.5 Å². The largest absolute Gasteiger partial charge is 0.481 e. The Morgan fingerprint density at radius 2 is 1.91 bits per heavy atom. The minimum Gasteiger partial charge on any atom is -0.481 e. The average Bonchev–Trinajstić information content (AvgIpc) is 2.59. The molecule has 1 N–H and O–H groups in total. The lowest BCUT2D eigenvalue weighted by Gasteiger charge is -2.30. The lowest BCUT2D eigenvalue weighted by Crippen LogP contribution is -2.39. The summed E-state index contributed by atoms with van der Waals surface area (Å²) in [5.74, 6) is -0.900. The number of Topliss-reactive ketones (excluding diaryl/α,β-unsaturated/α-hetero) is 1. The summed E-state index contributed by atoms with van der Waals surface area (Å²) in [6.07, 6.45) is 2.07. The average molecular weight is 311 g/mol. The summed E-state index contributed by atoms with van der Waals surface area (Å²) >= 11 is 0. The highest BCUT2D eigenvalue weighted by Gasteiger charge is 2.25. The van der Waals surface area contributed by atoms with Gasteiger partial charge in [0.25, 0.3) is 0 Å². The van der Waals surface area contributed by atoms with E-state index in [1.54, 1.807) is 0 Å². The van der Waals surface area contributed by atoms with E-state index < -0.39 is 5.97 Å². The highest BCUT2D eigenvalue weighted by Crippen LogP contribution is 2.19. The Morgan fingerprint density at radius 1 is 1.13 bits per heavy atom. The zero-order valence-corrected chi connectivity index (χ0v) is 13.1. The molecule has 4 heteroatoms. The van der Waals surface area contributed by atoms with E-state index in [-0.39, 0.29) is 11.7 Å². The number of piperidine rings is 1. The molecule has 0 saturated carbocycles. The lowest BCUT2D eigenvalue weighted by atomic mass is 9.97. The van der Waals surface area contributed by atoms with Crippen molar-refractivity contribution in [3.05, 3.63) is 48.0 Å². The van der Waals surface area contributed by atoms with Crippen LogP contribution in [0.15, 0.2) is 42.5 Å². The van der Waals surface area contributed by atoms with Crippen LogP contribution in [0.25, 0.3) is 10.8 Å². The van der Waals surface area contributed by atoms with Crippen LogP contribution >= 0.6 is 0 Å². The predicted molar refractivity (Wildman–Crippen MR) is 89.7 cm³/mol. The van der Waals surface area contributed by atoms with E-state index in [1.165, 1.54) is 0 Å². The first-order chi connectivity index (χ1) is 11.1. The van der Waals surface area contributed by atoms with Gasteiger partial charge in [-0.25, -0.2) is 0 Å². The molecule has 1 fully saturated rings. The fourth-order valence-electron chi connectivity index (χ4n) is 3.23. The molecule has 2 aromatic rings. The first-order valence-corrected chi connectivity index (χ1v) is 8.10. The Hall–Kier alpha value is -2.20. The number of carboxylic acids is 1. The molecular formula is C19H21NO3. The van der Waals surface area contributed by atoms with Crippen LogP contribution in [0.3, 0.4) is 0 Å². The second-order valence-electron chi connectivity index (χ2n) is 6.21. The molecule has 0 aromatic heterocycles. The summed E-state index contributed by atoms with van der Waals surface area (Å²) < 4.78 is 0. The molecule has 1 atom stereocenters. The third-order valence-corrected chi connectivity index (χ3v) is 4.58. The maximum Gasteiger partial charge on any atom is 0.307 e. The van der Waals surface area contributed by atoms with Gasteiger partial charge in [0.1, 0.15) is 0 Å². The second kappa shape index (κ2) is 6.92. The number of rotatable bonds is 5. The standard InChI is InChI=1S/C19H21NO3/c21-18(9-11-20-10-3-6-17(13-20)19(22)23)16-8-7-14-4-1-2-5-15(14)12-16/h1-2,4-5,7-8,12,17H,3,6,9-11,13H2,(H,22,23). The van der Waals surface area contributed by atoms with Gasteiger partial charge in [-0.05, 0) is 36.2 Å². The van der Waals surface area contributed by atoms with Crippen LogP contribution in [0, 0.1) is 5.92 Å². The molecule has 2 aromatic carbocycles. The fraction of sp³-hybridized carbons (Fsp3) is 0.368. The molecule has 1 saturated heterocycles. The maximum atomic E-state index is 12.4. The Balaban J connectivity index is 1.61. The van der Waals surface area contributed by atoms with Gasteiger partial charge >= 0.3 is 5.97 Å². The molecule has 1 aliphatic heterocycles. The lowest BCUT2D eigenvalue weighted by molar-refractivity contribution is -0.143. The minimum absolute atomic E-state index is 0.119. The number of hydrogen-bond donors (Lipinski definition) is 1. The number of aliphatic carboxylic acids is 1. The normalized spacial score (nSPS) is 18.9. The van der Waals surface area contributed by atoms with Gasteiger partial charge in [-0.2, -0.15) is 0 Å². The molecule has 1 aliphatic rings. The summed E-state index contributed by atoms with van der Waals surface area (Å²) in [5.41, 5.74) is 0.732. The van der Waals surface area contributed by atoms with Crippen LogP contribution in [-0.2, 0) is 4.79 Å². The van der Waals surface area contributed by atoms with Gasteiger partial charge in [0.05, 0.1) is 5.92 Å². The van der Waals surface area contributed by atoms with Crippen molar-refractivity contribution in [3.63, 3.8) is 0 Å². The topological polar surface area (TPSA) is 57.6 Å². The molecule has 0 aliphatic carbocycles. The number of carbonyl (C=O) groups excluding carboxylic acids is 1. The van der Waals surface area contributed by atoms with Crippen LogP contribution in [0.5, 0.6) is 0 Å². The molecular weight excluding hydrogens is 290 g/mol. The molecule has 23 heavy (non-hydrogen) atoms. The van der Waals surface area contributed by atoms with E-state index in [2.05, 4.69) is 4.90 Å². The van der Waals surface area contributed by atoms with Crippen LogP contribution in [-0.4, -0.2) is 41.4 Å². The first kappa shape index (κ1) is 15.7. The van der Waals surface area contributed by atoms with Gasteiger partial charge in [-0.3, -0.25) is 9.59 Å². The van der Waals surface area contributed by atoms with E-state index in [4.69, 9.17) is 5.11 Å². The third kappa shape index (κ3) is 3.77. The molecule has 0 spiro atoms. The highest BCUT2D eigenvalue weighted by atomic mass is 16.4. The van der Waals surface area contributed by atoms with Crippen molar-refractivity contribution in [2.45, 2.75) is 19.3 Å². The molecule has 120 valence electrons. The highest BCUT2D eigenvalue weighted by molar-refractivity contribution is 6.00. The van der Waals surface area contributed by atoms with Crippen LogP contribution in [0.4, 0.5) is 0 Å². The van der Waals surface area contributed by atoms with E-state index in [0.717, 1.165) is 35.7 Å². The van der Waals surface area contributed by atoms with Gasteiger partial charge in [0, 0.05) is 25.1 Å². The molecule has 1 unspecified atom stereocenters. The zero-order chi connectivity index (χ0) is 16.2. The monoisotopic (exact) mass is 311 g/mol. The SMILES string of the molecule is O=C(CCN1CCCC(C(=O)O)C1)c1ccc2ccccc2c1. The molecule has 0 radical (unpaired) electrons. The van der Waals surface area contributed by atoms with Crippen LogP contribution in [0.2, 0.25) is 0 Å². The predicted octanol–water partition coefficient (Wildman–Crippen LogP) is 3.21. The summed E-state index contributed by atoms with van der Waals surface area (Å²) in [6.45, 7) is 2.07. The van der Waals surface area contributed by atoms with Gasteiger partial charge < -0.3 is 10.0 Å². The molecule has 4 nitrogen and oxygen atoms in total. The molecule has 3 rings (SSSR count). The summed E-state index contributed by atoms with van der Waals surface area (Å²) in [5, 5.41) is 11.3. The number of carbonyl (C=O) groups is 2. The maximum absolute atomic E-state index is 12.4. The Bertz CT molecular complexity index is 725. The fourth-order valence-corrected chi connectivity index (χ4v) is 3.23. The van der Waals surface area contributed by atoms with Crippen molar-refractivity contribution in [2.75, 3.05) is 19.6 Å². The quantitative estimate of drug-likeness (QED) is 0.862. The minimum atomic E-state index is -0.726. The van der Waals surface area contributed by atoms with Gasteiger partial charge in [0.2, 0.25) is 0 Å². The van der Waals surface area contributed by atoms with Gasteiger partial charge in [-0.1, -0.05) is 36.4 Å². The van der Waals surface area contributed by atoms with Gasteiger partial charge in [0.15, 0.2) is 5.78 Å². The molecule has 1 heterocycles. The first-order valence-electron chi connectivity index (χ1n) is 8.10. The third-order valence-electron chi connectivity index (χ3n) is 4.58. The van der Waals surface area contributed by atoms with Crippen molar-refractivity contribution in [1.82, 2.24) is 4.90 Å². The molecule has 0 bridgehead atoms. The van der Waals surface area contributed by atoms with E-state index in [9.17, 15) is 9.59 Å². The number of benzene rings is 2. The Kier molecular flexibility index (Phi) is 4.72. The van der Waals surface area contributed by atoms with E-state index >= 15 is 0 Å². The van der Waals surface area contributed by atoms with Crippen molar-refractivity contribution in [3.8, 4) is 0 Å². The number of hydrogen-bond acceptors (Lipinski definition) is 3. The van der Waals surface area contributed by atoms with Crippen molar-refractivity contribution < 1.29 is 14.7 Å². The van der Waals surface area contributed by atoms with Crippen molar-refractivity contribution >= 4 is 22.5 Å². The summed E-state index contributed by atoms with van der Waals surface area (Å²) in [6, 6.07) is 13.8. The Labute approximate surface area is 135 Å². The number of fused-ring (bicyclic) bond motifs is 1. The van der Waals surface area contributed by atoms with E-state index in [1.807, 2.05) is 42.5 Å². The molecule has 0 amide bonds. The summed E-state index contributed by atoms with van der Waals surface area (Å²) in [4.78, 5) is 25.6. The summed E-state index contributed by atoms with van der Waals surface area (Å²) in [7, 11) is 0. The van der Waals surface area contributed by atoms with Crippen molar-refractivity contribution in [2.24, 2.45) is 5.92 Å². The van der Waals surface area contributed by atoms with Crippen LogP contribution in [0.1, 0.15) is 29.6 Å². The smallest absolute Gasteiger partial charge is 0.307 e. The van der Waals surface area contributed by atoms with Gasteiger partial charge in [-0.15, -0.1) is 0 Å². The second-order valence-corrected chi connectivity index (χ2v) is 6.21.